The van der Waals surface area contributed by atoms with Gasteiger partial charge in [0.2, 0.25) is 0 Å². The predicted octanol–water partition coefficient (Wildman–Crippen LogP) is 5.12. The molecule has 0 saturated heterocycles. The van der Waals surface area contributed by atoms with Gasteiger partial charge < -0.3 is 4.57 Å². The van der Waals surface area contributed by atoms with Crippen LogP contribution >= 0.6 is 0 Å². The normalized spacial score (nSPS) is 12.0. The smallest absolute Gasteiger partial charge is 0.0482 e. The second-order valence-corrected chi connectivity index (χ2v) is 6.49. The Morgan fingerprint density at radius 1 is 0.857 bits per heavy atom. The summed E-state index contributed by atoms with van der Waals surface area (Å²) in [6.07, 6.45) is 0. The van der Waals surface area contributed by atoms with Crippen molar-refractivity contribution in [3.05, 3.63) is 70.9 Å². The Bertz CT molecular complexity index is 792. The lowest BCUT2D eigenvalue weighted by Crippen LogP contribution is -2.18. The molecule has 0 aliphatic rings. The molecule has 0 saturated carbocycles. The Kier molecular flexibility index (Phi) is 3.16. The molecular weight excluding hydrogens is 254 g/mol. The summed E-state index contributed by atoms with van der Waals surface area (Å²) >= 11 is 0. The van der Waals surface area contributed by atoms with Gasteiger partial charge in [-0.25, -0.2) is 0 Å². The van der Waals surface area contributed by atoms with E-state index >= 15 is 0 Å². The molecule has 3 aromatic rings. The first-order valence-corrected chi connectivity index (χ1v) is 7.54. The van der Waals surface area contributed by atoms with Crippen molar-refractivity contribution in [2.45, 2.75) is 33.1 Å². The molecule has 1 aromatic heterocycles. The quantitative estimate of drug-likeness (QED) is 0.612. The van der Waals surface area contributed by atoms with Crippen molar-refractivity contribution in [3.63, 3.8) is 0 Å². The van der Waals surface area contributed by atoms with Crippen molar-refractivity contribution in [2.75, 3.05) is 0 Å². The molecule has 1 nitrogen and oxygen atoms in total. The fourth-order valence-electron chi connectivity index (χ4n) is 3.17. The maximum atomic E-state index is 2.37. The van der Waals surface area contributed by atoms with Crippen LogP contribution in [0.25, 0.3) is 10.9 Å². The molecule has 0 N–H and O–H groups in total. The zero-order valence-corrected chi connectivity index (χ0v) is 13.6. The van der Waals surface area contributed by atoms with E-state index in [1.54, 1.807) is 0 Å². The number of hydrogen-bond acceptors (Lipinski definition) is 0. The summed E-state index contributed by atoms with van der Waals surface area (Å²) in [6.45, 7) is 9.01. The van der Waals surface area contributed by atoms with Crippen LogP contribution in [0.2, 0.25) is 0 Å². The molecule has 108 valence electrons. The van der Waals surface area contributed by atoms with Gasteiger partial charge >= 0.3 is 0 Å². The van der Waals surface area contributed by atoms with Gasteiger partial charge in [0.1, 0.15) is 0 Å². The monoisotopic (exact) mass is 277 g/mol. The maximum Gasteiger partial charge on any atom is 0.0482 e. The predicted molar refractivity (Wildman–Crippen MR) is 91.0 cm³/mol. The summed E-state index contributed by atoms with van der Waals surface area (Å²) in [5.41, 5.74) is 6.80. The third-order valence-electron chi connectivity index (χ3n) is 5.02. The summed E-state index contributed by atoms with van der Waals surface area (Å²) in [5, 5.41) is 1.37. The number of rotatable bonds is 2. The maximum absolute atomic E-state index is 2.37. The van der Waals surface area contributed by atoms with Crippen LogP contribution in [0.4, 0.5) is 0 Å². The lowest BCUT2D eigenvalue weighted by atomic mass is 9.78. The molecule has 1 heterocycles. The largest absolute Gasteiger partial charge is 0.348 e. The van der Waals surface area contributed by atoms with Gasteiger partial charge in [0.15, 0.2) is 0 Å². The van der Waals surface area contributed by atoms with Crippen LogP contribution in [0.15, 0.2) is 48.5 Å². The van der Waals surface area contributed by atoms with Crippen molar-refractivity contribution in [2.24, 2.45) is 7.05 Å². The SMILES string of the molecule is Cc1c(C)n(C)c2ccc(C(C)(C)c3ccccc3)cc12. The van der Waals surface area contributed by atoms with Gasteiger partial charge in [0.05, 0.1) is 0 Å². The molecule has 0 radical (unpaired) electrons. The molecule has 0 fully saturated rings. The summed E-state index contributed by atoms with van der Waals surface area (Å²) < 4.78 is 2.28. The molecule has 0 spiro atoms. The number of aromatic nitrogens is 1. The molecule has 21 heavy (non-hydrogen) atoms. The minimum atomic E-state index is 0.0195. The van der Waals surface area contributed by atoms with Gasteiger partial charge in [0.25, 0.3) is 0 Å². The summed E-state index contributed by atoms with van der Waals surface area (Å²) in [6, 6.07) is 17.6. The lowest BCUT2D eigenvalue weighted by Gasteiger charge is -2.26. The van der Waals surface area contributed by atoms with Crippen LogP contribution in [-0.4, -0.2) is 4.57 Å². The first-order chi connectivity index (χ1) is 9.93. The van der Waals surface area contributed by atoms with E-state index in [-0.39, 0.29) is 5.41 Å². The molecule has 1 heteroatoms. The van der Waals surface area contributed by atoms with E-state index < -0.39 is 0 Å². The third-order valence-corrected chi connectivity index (χ3v) is 5.02. The Hall–Kier alpha value is -2.02. The average molecular weight is 277 g/mol. The van der Waals surface area contributed by atoms with E-state index in [1.807, 2.05) is 0 Å². The number of nitrogens with zero attached hydrogens (tertiary/aromatic N) is 1. The fourth-order valence-corrected chi connectivity index (χ4v) is 3.17. The third kappa shape index (κ3) is 2.08. The van der Waals surface area contributed by atoms with Crippen molar-refractivity contribution in [1.29, 1.82) is 0 Å². The van der Waals surface area contributed by atoms with Crippen LogP contribution in [0.1, 0.15) is 36.2 Å². The van der Waals surface area contributed by atoms with Crippen molar-refractivity contribution < 1.29 is 0 Å². The molecule has 2 aromatic carbocycles. The summed E-state index contributed by atoms with van der Waals surface area (Å²) in [5.74, 6) is 0. The second-order valence-electron chi connectivity index (χ2n) is 6.49. The Labute approximate surface area is 127 Å². The van der Waals surface area contributed by atoms with E-state index in [2.05, 4.69) is 87.8 Å². The van der Waals surface area contributed by atoms with E-state index in [0.29, 0.717) is 0 Å². The summed E-state index contributed by atoms with van der Waals surface area (Å²) in [7, 11) is 2.15. The number of hydrogen-bond donors (Lipinski definition) is 0. The van der Waals surface area contributed by atoms with Crippen molar-refractivity contribution >= 4 is 10.9 Å². The molecule has 0 atom stereocenters. The highest BCUT2D eigenvalue weighted by molar-refractivity contribution is 5.86. The molecule has 0 bridgehead atoms. The van der Waals surface area contributed by atoms with Gasteiger partial charge in [-0.3, -0.25) is 0 Å². The van der Waals surface area contributed by atoms with E-state index in [4.69, 9.17) is 0 Å². The topological polar surface area (TPSA) is 4.93 Å². The van der Waals surface area contributed by atoms with E-state index in [0.717, 1.165) is 0 Å². The Balaban J connectivity index is 2.20. The minimum Gasteiger partial charge on any atom is -0.348 e. The number of aryl methyl sites for hydroxylation is 2. The van der Waals surface area contributed by atoms with Crippen molar-refractivity contribution in [1.82, 2.24) is 4.57 Å². The number of benzene rings is 2. The first-order valence-electron chi connectivity index (χ1n) is 7.54. The highest BCUT2D eigenvalue weighted by Crippen LogP contribution is 2.34. The highest BCUT2D eigenvalue weighted by atomic mass is 14.9. The van der Waals surface area contributed by atoms with Crippen LogP contribution in [0.5, 0.6) is 0 Å². The Morgan fingerprint density at radius 2 is 1.52 bits per heavy atom. The zero-order chi connectivity index (χ0) is 15.2. The molecule has 0 unspecified atom stereocenters. The van der Waals surface area contributed by atoms with Gasteiger partial charge in [-0.2, -0.15) is 0 Å². The number of fused-ring (bicyclic) bond motifs is 1. The molecule has 0 aliphatic heterocycles. The van der Waals surface area contributed by atoms with Gasteiger partial charge in [-0.15, -0.1) is 0 Å². The van der Waals surface area contributed by atoms with Gasteiger partial charge in [0, 0.05) is 29.1 Å². The van der Waals surface area contributed by atoms with Crippen molar-refractivity contribution in [3.8, 4) is 0 Å². The molecule has 3 rings (SSSR count). The van der Waals surface area contributed by atoms with Crippen LogP contribution in [-0.2, 0) is 12.5 Å². The van der Waals surface area contributed by atoms with Crippen LogP contribution < -0.4 is 0 Å². The fraction of sp³-hybridized carbons (Fsp3) is 0.300. The summed E-state index contributed by atoms with van der Waals surface area (Å²) in [4.78, 5) is 0. The first kappa shape index (κ1) is 13.9. The van der Waals surface area contributed by atoms with Crippen LogP contribution in [0.3, 0.4) is 0 Å². The van der Waals surface area contributed by atoms with E-state index in [1.165, 1.54) is 33.3 Å². The van der Waals surface area contributed by atoms with Gasteiger partial charge in [-0.1, -0.05) is 50.2 Å². The molecule has 0 amide bonds. The second kappa shape index (κ2) is 4.77. The zero-order valence-electron chi connectivity index (χ0n) is 13.6. The molecular formula is C20H23N. The lowest BCUT2D eigenvalue weighted by molar-refractivity contribution is 0.642. The standard InChI is InChI=1S/C20H23N/c1-14-15(2)21(5)19-12-11-17(13-18(14)19)20(3,4)16-9-7-6-8-10-16/h6-13H,1-5H3. The highest BCUT2D eigenvalue weighted by Gasteiger charge is 2.23. The average Bonchev–Trinajstić information content (AvgIpc) is 2.72. The van der Waals surface area contributed by atoms with Crippen LogP contribution in [0, 0.1) is 13.8 Å². The van der Waals surface area contributed by atoms with E-state index in [9.17, 15) is 0 Å². The van der Waals surface area contributed by atoms with Gasteiger partial charge in [-0.05, 0) is 42.7 Å². The minimum absolute atomic E-state index is 0.0195. The molecule has 0 aliphatic carbocycles. The Morgan fingerprint density at radius 3 is 2.19 bits per heavy atom.